The van der Waals surface area contributed by atoms with E-state index < -0.39 is 11.7 Å². The predicted molar refractivity (Wildman–Crippen MR) is 97.9 cm³/mol. The Balaban J connectivity index is 1.89. The van der Waals surface area contributed by atoms with E-state index in [1.54, 1.807) is 24.3 Å². The van der Waals surface area contributed by atoms with Crippen molar-refractivity contribution in [2.24, 2.45) is 0 Å². The van der Waals surface area contributed by atoms with E-state index in [0.717, 1.165) is 25.0 Å². The Labute approximate surface area is 158 Å². The minimum atomic E-state index is -4.55. The van der Waals surface area contributed by atoms with Crippen LogP contribution in [0, 0.1) is 0 Å². The highest BCUT2D eigenvalue weighted by Crippen LogP contribution is 2.48. The minimum absolute atomic E-state index is 0.0703. The maximum Gasteiger partial charge on any atom is 0.416 e. The van der Waals surface area contributed by atoms with Crippen LogP contribution in [-0.2, 0) is 6.18 Å². The van der Waals surface area contributed by atoms with Crippen LogP contribution in [0.25, 0.3) is 22.5 Å². The summed E-state index contributed by atoms with van der Waals surface area (Å²) in [6.07, 6.45) is -2.68. The van der Waals surface area contributed by atoms with Crippen LogP contribution in [0.5, 0.6) is 5.75 Å². The second-order valence-electron chi connectivity index (χ2n) is 6.49. The molecule has 0 unspecified atom stereocenters. The summed E-state index contributed by atoms with van der Waals surface area (Å²) in [5, 5.41) is 13.8. The van der Waals surface area contributed by atoms with Crippen molar-refractivity contribution in [1.29, 1.82) is 0 Å². The number of nitrogens with one attached hydrogen (secondary N) is 1. The lowest BCUT2D eigenvalue weighted by Gasteiger charge is -2.11. The normalized spacial score (nSPS) is 14.4. The Morgan fingerprint density at radius 2 is 1.74 bits per heavy atom. The highest BCUT2D eigenvalue weighted by atomic mass is 35.5. The second kappa shape index (κ2) is 6.53. The monoisotopic (exact) mass is 393 g/mol. The van der Waals surface area contributed by atoms with E-state index in [9.17, 15) is 18.3 Å². The number of anilines is 1. The molecule has 1 saturated carbocycles. The number of halogens is 4. The van der Waals surface area contributed by atoms with Crippen molar-refractivity contribution in [1.82, 2.24) is 0 Å². The standard InChI is InChI=1S/C20H15ClF3NO2/c21-14-9-12(8-13(10-14)20(22,23)24)16-17(26)18(11-4-2-1-3-5-11)27-19(16)25-15-6-7-15/h1-5,8-10,15,25-26H,6-7H2. The Bertz CT molecular complexity index is 979. The molecular formula is C20H15ClF3NO2. The largest absolute Gasteiger partial charge is 0.504 e. The van der Waals surface area contributed by atoms with Gasteiger partial charge in [-0.2, -0.15) is 13.2 Å². The molecule has 1 fully saturated rings. The van der Waals surface area contributed by atoms with Gasteiger partial charge in [-0.05, 0) is 36.6 Å². The molecular weight excluding hydrogens is 379 g/mol. The number of aromatic hydroxyl groups is 1. The predicted octanol–water partition coefficient (Wildman–Crippen LogP) is 6.57. The van der Waals surface area contributed by atoms with Gasteiger partial charge in [0.2, 0.25) is 5.88 Å². The highest BCUT2D eigenvalue weighted by molar-refractivity contribution is 6.31. The van der Waals surface area contributed by atoms with E-state index in [2.05, 4.69) is 5.32 Å². The van der Waals surface area contributed by atoms with Crippen molar-refractivity contribution < 1.29 is 22.7 Å². The van der Waals surface area contributed by atoms with Crippen LogP contribution in [0.4, 0.5) is 19.1 Å². The summed E-state index contributed by atoms with van der Waals surface area (Å²) < 4.78 is 45.4. The van der Waals surface area contributed by atoms with Gasteiger partial charge in [-0.25, -0.2) is 0 Å². The molecule has 0 bridgehead atoms. The lowest BCUT2D eigenvalue weighted by molar-refractivity contribution is -0.137. The summed E-state index contributed by atoms with van der Waals surface area (Å²) in [7, 11) is 0. The van der Waals surface area contributed by atoms with Gasteiger partial charge in [-0.1, -0.05) is 41.9 Å². The topological polar surface area (TPSA) is 45.4 Å². The lowest BCUT2D eigenvalue weighted by atomic mass is 10.0. The van der Waals surface area contributed by atoms with Crippen LogP contribution in [0.1, 0.15) is 18.4 Å². The van der Waals surface area contributed by atoms with Gasteiger partial charge < -0.3 is 14.8 Å². The van der Waals surface area contributed by atoms with Crippen molar-refractivity contribution in [3.63, 3.8) is 0 Å². The highest BCUT2D eigenvalue weighted by Gasteiger charge is 2.33. The van der Waals surface area contributed by atoms with E-state index in [1.807, 2.05) is 6.07 Å². The molecule has 1 aromatic heterocycles. The van der Waals surface area contributed by atoms with Crippen LogP contribution in [0.15, 0.2) is 52.9 Å². The van der Waals surface area contributed by atoms with Gasteiger partial charge in [0, 0.05) is 16.6 Å². The number of hydrogen-bond donors (Lipinski definition) is 2. The van der Waals surface area contributed by atoms with E-state index >= 15 is 0 Å². The molecule has 3 aromatic rings. The third-order valence-corrected chi connectivity index (χ3v) is 4.56. The molecule has 7 heteroatoms. The van der Waals surface area contributed by atoms with Crippen LogP contribution >= 0.6 is 11.6 Å². The molecule has 4 rings (SSSR count). The molecule has 0 amide bonds. The van der Waals surface area contributed by atoms with Gasteiger partial charge >= 0.3 is 6.18 Å². The van der Waals surface area contributed by atoms with Crippen LogP contribution in [-0.4, -0.2) is 11.1 Å². The van der Waals surface area contributed by atoms with Gasteiger partial charge in [-0.15, -0.1) is 0 Å². The van der Waals surface area contributed by atoms with E-state index in [4.69, 9.17) is 16.0 Å². The molecule has 27 heavy (non-hydrogen) atoms. The molecule has 1 aliphatic rings. The fraction of sp³-hybridized carbons (Fsp3) is 0.200. The fourth-order valence-corrected chi connectivity index (χ4v) is 3.12. The molecule has 2 aromatic carbocycles. The summed E-state index contributed by atoms with van der Waals surface area (Å²) in [5.74, 6) is 0.214. The molecule has 0 aliphatic heterocycles. The first-order chi connectivity index (χ1) is 12.8. The molecule has 2 N–H and O–H groups in total. The molecule has 0 atom stereocenters. The average molecular weight is 394 g/mol. The van der Waals surface area contributed by atoms with Crippen LogP contribution in [0.3, 0.4) is 0 Å². The zero-order chi connectivity index (χ0) is 19.2. The first-order valence-electron chi connectivity index (χ1n) is 8.39. The third-order valence-electron chi connectivity index (χ3n) is 4.35. The number of rotatable bonds is 4. The van der Waals surface area contributed by atoms with E-state index in [1.165, 1.54) is 6.07 Å². The molecule has 3 nitrogen and oxygen atoms in total. The summed E-state index contributed by atoms with van der Waals surface area (Å²) in [6, 6.07) is 12.3. The van der Waals surface area contributed by atoms with Gasteiger partial charge in [-0.3, -0.25) is 0 Å². The molecule has 0 spiro atoms. The van der Waals surface area contributed by atoms with Crippen molar-refractivity contribution >= 4 is 17.5 Å². The van der Waals surface area contributed by atoms with Crippen molar-refractivity contribution in [2.45, 2.75) is 25.1 Å². The van der Waals surface area contributed by atoms with E-state index in [0.29, 0.717) is 5.56 Å². The number of hydrogen-bond acceptors (Lipinski definition) is 3. The molecule has 0 saturated heterocycles. The number of furan rings is 1. The third kappa shape index (κ3) is 3.62. The summed E-state index contributed by atoms with van der Waals surface area (Å²) >= 11 is 5.92. The Morgan fingerprint density at radius 3 is 2.37 bits per heavy atom. The van der Waals surface area contributed by atoms with Crippen LogP contribution in [0.2, 0.25) is 5.02 Å². The zero-order valence-corrected chi connectivity index (χ0v) is 14.7. The summed E-state index contributed by atoms with van der Waals surface area (Å²) in [6.45, 7) is 0. The summed E-state index contributed by atoms with van der Waals surface area (Å²) in [5.41, 5.74) is 0.0533. The Hall–Kier alpha value is -2.60. The Kier molecular flexibility index (Phi) is 4.30. The Morgan fingerprint density at radius 1 is 1.04 bits per heavy atom. The van der Waals surface area contributed by atoms with E-state index in [-0.39, 0.29) is 39.6 Å². The number of alkyl halides is 3. The van der Waals surface area contributed by atoms with Crippen LogP contribution < -0.4 is 5.32 Å². The quantitative estimate of drug-likeness (QED) is 0.527. The maximum atomic E-state index is 13.2. The minimum Gasteiger partial charge on any atom is -0.504 e. The molecule has 1 aliphatic carbocycles. The van der Waals surface area contributed by atoms with Gasteiger partial charge in [0.25, 0.3) is 0 Å². The first-order valence-corrected chi connectivity index (χ1v) is 8.76. The first kappa shape index (κ1) is 17.8. The second-order valence-corrected chi connectivity index (χ2v) is 6.93. The molecule has 1 heterocycles. The zero-order valence-electron chi connectivity index (χ0n) is 14.0. The van der Waals surface area contributed by atoms with Crippen molar-refractivity contribution in [2.75, 3.05) is 5.32 Å². The van der Waals surface area contributed by atoms with Gasteiger partial charge in [0.05, 0.1) is 11.1 Å². The lowest BCUT2D eigenvalue weighted by Crippen LogP contribution is -2.05. The molecule has 0 radical (unpaired) electrons. The fourth-order valence-electron chi connectivity index (χ4n) is 2.89. The van der Waals surface area contributed by atoms with Gasteiger partial charge in [0.1, 0.15) is 0 Å². The smallest absolute Gasteiger partial charge is 0.416 e. The van der Waals surface area contributed by atoms with Crippen molar-refractivity contribution in [3.8, 4) is 28.2 Å². The van der Waals surface area contributed by atoms with Gasteiger partial charge in [0.15, 0.2) is 11.5 Å². The SMILES string of the molecule is Oc1c(-c2ccccc2)oc(NC2CC2)c1-c1cc(Cl)cc(C(F)(F)F)c1. The summed E-state index contributed by atoms with van der Waals surface area (Å²) in [4.78, 5) is 0. The molecule has 140 valence electrons. The average Bonchev–Trinajstić information content (AvgIpc) is 3.37. The maximum absolute atomic E-state index is 13.2. The number of benzene rings is 2. The van der Waals surface area contributed by atoms with Crippen molar-refractivity contribution in [3.05, 3.63) is 59.1 Å².